The molecule has 3 aromatic heterocycles. The molecule has 0 saturated carbocycles. The number of fused-ring (bicyclic) bond motifs is 1. The van der Waals surface area contributed by atoms with Gasteiger partial charge in [0.05, 0.1) is 24.5 Å². The lowest BCUT2D eigenvalue weighted by molar-refractivity contribution is 0.0623. The van der Waals surface area contributed by atoms with E-state index in [1.54, 1.807) is 41.1 Å². The molecule has 134 valence electrons. The minimum absolute atomic E-state index is 0.0239. The third-order valence-electron chi connectivity index (χ3n) is 3.98. The molecule has 7 nitrogen and oxygen atoms in total. The first-order valence-electron chi connectivity index (χ1n) is 7.51. The van der Waals surface area contributed by atoms with E-state index < -0.39 is 15.6 Å². The molecule has 0 aliphatic rings. The van der Waals surface area contributed by atoms with Crippen molar-refractivity contribution in [3.05, 3.63) is 64.7 Å². The van der Waals surface area contributed by atoms with Crippen LogP contribution in [0.3, 0.4) is 0 Å². The number of nitrogens with zero attached hydrogens (tertiary/aromatic N) is 2. The fourth-order valence-corrected chi connectivity index (χ4v) is 5.17. The number of aromatic nitrogens is 2. The molecule has 0 saturated heterocycles. The van der Waals surface area contributed by atoms with Crippen molar-refractivity contribution in [1.82, 2.24) is 13.5 Å². The number of thiophene rings is 1. The highest BCUT2D eigenvalue weighted by Gasteiger charge is 2.36. The SMILES string of the molecule is O=S(=O)(NC[C@](O)(c1ccsc1)c1ccco1)c1cccc2nsnc12. The first-order chi connectivity index (χ1) is 12.5. The highest BCUT2D eigenvalue weighted by Crippen LogP contribution is 2.31. The smallest absolute Gasteiger partial charge is 0.242 e. The Morgan fingerprint density at radius 2 is 2.08 bits per heavy atom. The number of sulfonamides is 1. The van der Waals surface area contributed by atoms with Gasteiger partial charge < -0.3 is 9.52 Å². The average molecular weight is 407 g/mol. The van der Waals surface area contributed by atoms with E-state index in [1.165, 1.54) is 23.7 Å². The van der Waals surface area contributed by atoms with Crippen molar-refractivity contribution in [3.8, 4) is 0 Å². The van der Waals surface area contributed by atoms with Crippen molar-refractivity contribution >= 4 is 44.1 Å². The van der Waals surface area contributed by atoms with Gasteiger partial charge in [-0.1, -0.05) is 6.07 Å². The number of benzene rings is 1. The Labute approximate surface area is 157 Å². The van der Waals surface area contributed by atoms with E-state index in [0.29, 0.717) is 16.6 Å². The minimum Gasteiger partial charge on any atom is -0.466 e. The third-order valence-corrected chi connectivity index (χ3v) is 6.64. The Morgan fingerprint density at radius 1 is 1.19 bits per heavy atom. The van der Waals surface area contributed by atoms with Gasteiger partial charge in [0.1, 0.15) is 21.7 Å². The molecule has 0 bridgehead atoms. The summed E-state index contributed by atoms with van der Waals surface area (Å²) in [7, 11) is -3.92. The van der Waals surface area contributed by atoms with Crippen molar-refractivity contribution < 1.29 is 17.9 Å². The molecule has 1 aromatic carbocycles. The predicted octanol–water partition coefficient (Wildman–Crippen LogP) is 2.56. The molecular formula is C16H13N3O4S3. The van der Waals surface area contributed by atoms with Gasteiger partial charge in [-0.25, -0.2) is 13.1 Å². The highest BCUT2D eigenvalue weighted by molar-refractivity contribution is 7.89. The summed E-state index contributed by atoms with van der Waals surface area (Å²) in [6, 6.07) is 9.74. The van der Waals surface area contributed by atoms with Crippen molar-refractivity contribution in [1.29, 1.82) is 0 Å². The van der Waals surface area contributed by atoms with Crippen LogP contribution in [0.2, 0.25) is 0 Å². The second-order valence-corrected chi connectivity index (χ2v) is 8.61. The van der Waals surface area contributed by atoms with Crippen LogP contribution in [0.5, 0.6) is 0 Å². The van der Waals surface area contributed by atoms with Crippen LogP contribution in [-0.2, 0) is 15.6 Å². The first-order valence-corrected chi connectivity index (χ1v) is 10.7. The van der Waals surface area contributed by atoms with Crippen molar-refractivity contribution in [2.75, 3.05) is 6.54 Å². The number of hydrogen-bond donors (Lipinski definition) is 2. The molecule has 0 fully saturated rings. The molecule has 0 spiro atoms. The second kappa shape index (κ2) is 6.56. The summed E-state index contributed by atoms with van der Waals surface area (Å²) in [6.45, 7) is -0.284. The van der Waals surface area contributed by atoms with Crippen LogP contribution in [-0.4, -0.2) is 28.8 Å². The Balaban J connectivity index is 1.69. The van der Waals surface area contributed by atoms with E-state index in [4.69, 9.17) is 4.42 Å². The summed E-state index contributed by atoms with van der Waals surface area (Å²) in [6.07, 6.45) is 1.43. The fourth-order valence-electron chi connectivity index (χ4n) is 2.62. The maximum absolute atomic E-state index is 12.8. The molecular weight excluding hydrogens is 394 g/mol. The number of rotatable bonds is 6. The fraction of sp³-hybridized carbons (Fsp3) is 0.125. The van der Waals surface area contributed by atoms with Crippen LogP contribution in [0.4, 0.5) is 0 Å². The molecule has 0 aliphatic heterocycles. The van der Waals surface area contributed by atoms with Crippen molar-refractivity contribution in [2.24, 2.45) is 0 Å². The Morgan fingerprint density at radius 3 is 2.81 bits per heavy atom. The summed E-state index contributed by atoms with van der Waals surface area (Å²) in [4.78, 5) is 0.0239. The summed E-state index contributed by atoms with van der Waals surface area (Å²) < 4.78 is 41.6. The molecule has 0 radical (unpaired) electrons. The Kier molecular flexibility index (Phi) is 4.37. The molecule has 26 heavy (non-hydrogen) atoms. The van der Waals surface area contributed by atoms with E-state index in [0.717, 1.165) is 11.7 Å². The zero-order valence-electron chi connectivity index (χ0n) is 13.2. The molecule has 1 atom stereocenters. The monoisotopic (exact) mass is 407 g/mol. The number of aliphatic hydroxyl groups is 1. The van der Waals surface area contributed by atoms with Crippen LogP contribution < -0.4 is 4.72 Å². The van der Waals surface area contributed by atoms with Crippen LogP contribution in [0, 0.1) is 0 Å². The maximum Gasteiger partial charge on any atom is 0.242 e. The van der Waals surface area contributed by atoms with Crippen LogP contribution in [0.15, 0.2) is 62.7 Å². The molecule has 3 heterocycles. The van der Waals surface area contributed by atoms with E-state index in [2.05, 4.69) is 13.5 Å². The largest absolute Gasteiger partial charge is 0.466 e. The van der Waals surface area contributed by atoms with Gasteiger partial charge in [0, 0.05) is 5.56 Å². The van der Waals surface area contributed by atoms with Gasteiger partial charge in [0.25, 0.3) is 0 Å². The van der Waals surface area contributed by atoms with E-state index in [9.17, 15) is 13.5 Å². The van der Waals surface area contributed by atoms with Crippen LogP contribution in [0.25, 0.3) is 11.0 Å². The molecule has 2 N–H and O–H groups in total. The molecule has 0 unspecified atom stereocenters. The van der Waals surface area contributed by atoms with Gasteiger partial charge in [-0.05, 0) is 41.1 Å². The topological polar surface area (TPSA) is 105 Å². The van der Waals surface area contributed by atoms with Crippen LogP contribution >= 0.6 is 23.1 Å². The molecule has 10 heteroatoms. The van der Waals surface area contributed by atoms with Gasteiger partial charge in [-0.3, -0.25) is 0 Å². The molecule has 4 aromatic rings. The van der Waals surface area contributed by atoms with Crippen molar-refractivity contribution in [2.45, 2.75) is 10.5 Å². The quantitative estimate of drug-likeness (QED) is 0.509. The van der Waals surface area contributed by atoms with Gasteiger partial charge in [-0.15, -0.1) is 0 Å². The number of furan rings is 1. The molecule has 0 aliphatic carbocycles. The zero-order valence-corrected chi connectivity index (χ0v) is 15.6. The minimum atomic E-state index is -3.92. The average Bonchev–Trinajstić information content (AvgIpc) is 3.41. The third kappa shape index (κ3) is 2.95. The summed E-state index contributed by atoms with van der Waals surface area (Å²) in [5, 5.41) is 14.7. The van der Waals surface area contributed by atoms with Gasteiger partial charge in [0.15, 0.2) is 5.60 Å². The number of nitrogens with one attached hydrogen (secondary N) is 1. The standard InChI is InChI=1S/C16H13N3O4S3/c20-16(11-6-8-24-9-11,14-5-2-7-23-14)10-17-26(21,22)13-4-1-3-12-15(13)19-25-18-12/h1-9,17,20H,10H2/t16-/m0/s1. The summed E-state index contributed by atoms with van der Waals surface area (Å²) >= 11 is 2.35. The molecule has 0 amide bonds. The van der Waals surface area contributed by atoms with Gasteiger partial charge in [0.2, 0.25) is 10.0 Å². The van der Waals surface area contributed by atoms with E-state index in [1.807, 2.05) is 0 Å². The van der Waals surface area contributed by atoms with E-state index >= 15 is 0 Å². The Bertz CT molecular complexity index is 1080. The van der Waals surface area contributed by atoms with Crippen molar-refractivity contribution in [3.63, 3.8) is 0 Å². The normalized spacial score (nSPS) is 14.5. The summed E-state index contributed by atoms with van der Waals surface area (Å²) in [5.41, 5.74) is -0.252. The predicted molar refractivity (Wildman–Crippen MR) is 98.6 cm³/mol. The van der Waals surface area contributed by atoms with Gasteiger partial charge in [-0.2, -0.15) is 20.1 Å². The molecule has 4 rings (SSSR count). The maximum atomic E-state index is 12.8. The lowest BCUT2D eigenvalue weighted by Gasteiger charge is -2.25. The first kappa shape index (κ1) is 17.3. The second-order valence-electron chi connectivity index (χ2n) is 5.56. The van der Waals surface area contributed by atoms with Gasteiger partial charge >= 0.3 is 0 Å². The lowest BCUT2D eigenvalue weighted by atomic mass is 9.94. The Hall–Kier alpha value is -2.11. The highest BCUT2D eigenvalue weighted by atomic mass is 32.2. The zero-order chi connectivity index (χ0) is 18.2. The van der Waals surface area contributed by atoms with Crippen LogP contribution in [0.1, 0.15) is 11.3 Å². The summed E-state index contributed by atoms with van der Waals surface area (Å²) in [5.74, 6) is 0.257. The number of hydrogen-bond acceptors (Lipinski definition) is 8. The lowest BCUT2D eigenvalue weighted by Crippen LogP contribution is -2.41. The van der Waals surface area contributed by atoms with E-state index in [-0.39, 0.29) is 17.2 Å².